The van der Waals surface area contributed by atoms with Crippen molar-refractivity contribution in [1.82, 2.24) is 5.32 Å². The predicted molar refractivity (Wildman–Crippen MR) is 109 cm³/mol. The van der Waals surface area contributed by atoms with Gasteiger partial charge in [-0.2, -0.15) is 0 Å². The van der Waals surface area contributed by atoms with Crippen LogP contribution in [0.4, 0.5) is 0 Å². The number of rotatable bonds is 10. The summed E-state index contributed by atoms with van der Waals surface area (Å²) in [6.45, 7) is -0.0307. The van der Waals surface area contributed by atoms with Crippen molar-refractivity contribution in [3.63, 3.8) is 0 Å². The topological polar surface area (TPSA) is 83.1 Å². The second-order valence-electron chi connectivity index (χ2n) is 6.10. The number of esters is 1. The zero-order valence-electron chi connectivity index (χ0n) is 16.6. The molecule has 2 rings (SSSR count). The molecule has 156 valence electrons. The Morgan fingerprint density at radius 1 is 0.966 bits per heavy atom. The van der Waals surface area contributed by atoms with Crippen molar-refractivity contribution in [1.29, 1.82) is 0 Å². The summed E-state index contributed by atoms with van der Waals surface area (Å²) in [5, 5.41) is 3.27. The molecule has 0 aliphatic heterocycles. The van der Waals surface area contributed by atoms with Crippen LogP contribution in [-0.2, 0) is 27.3 Å². The van der Waals surface area contributed by atoms with E-state index in [1.165, 1.54) is 21.3 Å². The van der Waals surface area contributed by atoms with E-state index < -0.39 is 5.97 Å². The normalized spacial score (nSPS) is 10.2. The number of amides is 1. The first-order valence-corrected chi connectivity index (χ1v) is 9.30. The van der Waals surface area contributed by atoms with Gasteiger partial charge < -0.3 is 24.3 Å². The Labute approximate surface area is 174 Å². The van der Waals surface area contributed by atoms with Gasteiger partial charge in [-0.1, -0.05) is 23.7 Å². The van der Waals surface area contributed by atoms with Gasteiger partial charge in [0, 0.05) is 18.0 Å². The second kappa shape index (κ2) is 11.2. The maximum atomic E-state index is 12.0. The number of aryl methyl sites for hydroxylation is 1. The van der Waals surface area contributed by atoms with Crippen LogP contribution in [0, 0.1) is 0 Å². The third kappa shape index (κ3) is 6.87. The van der Waals surface area contributed by atoms with Crippen LogP contribution in [0.25, 0.3) is 0 Å². The number of nitrogens with one attached hydrogen (secondary N) is 1. The maximum absolute atomic E-state index is 12.0. The molecule has 0 saturated heterocycles. The monoisotopic (exact) mass is 421 g/mol. The zero-order chi connectivity index (χ0) is 21.2. The van der Waals surface area contributed by atoms with E-state index in [9.17, 15) is 9.59 Å². The Bertz CT molecular complexity index is 830. The highest BCUT2D eigenvalue weighted by Gasteiger charge is 2.14. The van der Waals surface area contributed by atoms with Crippen LogP contribution in [0.1, 0.15) is 17.5 Å². The van der Waals surface area contributed by atoms with Crippen LogP contribution < -0.4 is 19.5 Å². The molecule has 7 nitrogen and oxygen atoms in total. The van der Waals surface area contributed by atoms with Crippen molar-refractivity contribution in [3.8, 4) is 17.2 Å². The lowest BCUT2D eigenvalue weighted by Crippen LogP contribution is -2.28. The van der Waals surface area contributed by atoms with Crippen molar-refractivity contribution < 1.29 is 28.5 Å². The van der Waals surface area contributed by atoms with Gasteiger partial charge in [0.15, 0.2) is 18.1 Å². The molecule has 1 amide bonds. The molecule has 0 saturated carbocycles. The summed E-state index contributed by atoms with van der Waals surface area (Å²) in [6.07, 6.45) is 0.514. The Morgan fingerprint density at radius 2 is 1.66 bits per heavy atom. The quantitative estimate of drug-likeness (QED) is 0.593. The number of halogens is 1. The lowest BCUT2D eigenvalue weighted by Gasteiger charge is -2.14. The number of methoxy groups -OCH3 is 3. The van der Waals surface area contributed by atoms with E-state index in [2.05, 4.69) is 5.32 Å². The van der Waals surface area contributed by atoms with Crippen LogP contribution in [0.2, 0.25) is 5.02 Å². The molecule has 0 spiro atoms. The van der Waals surface area contributed by atoms with E-state index in [1.807, 2.05) is 6.07 Å². The first-order chi connectivity index (χ1) is 14.0. The van der Waals surface area contributed by atoms with E-state index in [0.717, 1.165) is 11.1 Å². The van der Waals surface area contributed by atoms with Crippen LogP contribution >= 0.6 is 11.6 Å². The molecule has 0 bridgehead atoms. The van der Waals surface area contributed by atoms with Crippen molar-refractivity contribution in [2.75, 3.05) is 27.9 Å². The first-order valence-electron chi connectivity index (χ1n) is 8.92. The number of hydrogen-bond donors (Lipinski definition) is 1. The standard InChI is InChI=1S/C21H24ClNO6/c1-26-17-10-14(11-18(27-2)21(17)28-3)7-8-20(25)29-13-19(24)23-12-15-5-4-6-16(22)9-15/h4-6,9-11H,7-8,12-13H2,1-3H3,(H,23,24). The highest BCUT2D eigenvalue weighted by molar-refractivity contribution is 6.30. The summed E-state index contributed by atoms with van der Waals surface area (Å²) >= 11 is 5.90. The van der Waals surface area contributed by atoms with Crippen LogP contribution in [0.5, 0.6) is 17.2 Å². The minimum absolute atomic E-state index is 0.111. The summed E-state index contributed by atoms with van der Waals surface area (Å²) in [5.74, 6) is 0.645. The Hall–Kier alpha value is -2.93. The number of carbonyl (C=O) groups excluding carboxylic acids is 2. The van der Waals surface area contributed by atoms with E-state index in [1.54, 1.807) is 30.3 Å². The molecule has 29 heavy (non-hydrogen) atoms. The second-order valence-corrected chi connectivity index (χ2v) is 6.54. The molecular weight excluding hydrogens is 398 g/mol. The number of benzene rings is 2. The van der Waals surface area contributed by atoms with E-state index in [-0.39, 0.29) is 18.9 Å². The number of carbonyl (C=O) groups is 2. The van der Waals surface area contributed by atoms with Gasteiger partial charge >= 0.3 is 5.97 Å². The third-order valence-electron chi connectivity index (χ3n) is 4.09. The fraction of sp³-hybridized carbons (Fsp3) is 0.333. The minimum atomic E-state index is -0.475. The SMILES string of the molecule is COc1cc(CCC(=O)OCC(=O)NCc2cccc(Cl)c2)cc(OC)c1OC. The van der Waals surface area contributed by atoms with E-state index >= 15 is 0 Å². The Morgan fingerprint density at radius 3 is 2.24 bits per heavy atom. The molecule has 0 aliphatic rings. The molecule has 2 aromatic carbocycles. The summed E-state index contributed by atoms with van der Waals surface area (Å²) in [4.78, 5) is 23.8. The smallest absolute Gasteiger partial charge is 0.306 e. The molecule has 0 aliphatic carbocycles. The highest BCUT2D eigenvalue weighted by atomic mass is 35.5. The fourth-order valence-electron chi connectivity index (χ4n) is 2.64. The summed E-state index contributed by atoms with van der Waals surface area (Å²) in [5.41, 5.74) is 1.68. The molecule has 2 aromatic rings. The largest absolute Gasteiger partial charge is 0.493 e. The van der Waals surface area contributed by atoms with Gasteiger partial charge in [-0.25, -0.2) is 0 Å². The molecule has 0 fully saturated rings. The van der Waals surface area contributed by atoms with E-state index in [4.69, 9.17) is 30.5 Å². The van der Waals surface area contributed by atoms with Gasteiger partial charge in [0.25, 0.3) is 5.91 Å². The molecule has 1 N–H and O–H groups in total. The first kappa shape index (κ1) is 22.4. The van der Waals surface area contributed by atoms with Gasteiger partial charge in [0.1, 0.15) is 0 Å². The number of ether oxygens (including phenoxy) is 4. The van der Waals surface area contributed by atoms with Crippen LogP contribution in [-0.4, -0.2) is 39.8 Å². The summed E-state index contributed by atoms with van der Waals surface area (Å²) in [7, 11) is 4.57. The molecule has 0 aromatic heterocycles. The van der Waals surface area contributed by atoms with Crippen LogP contribution in [0.3, 0.4) is 0 Å². The third-order valence-corrected chi connectivity index (χ3v) is 4.32. The maximum Gasteiger partial charge on any atom is 0.306 e. The molecule has 8 heteroatoms. The molecule has 0 unspecified atom stereocenters. The summed E-state index contributed by atoms with van der Waals surface area (Å²) < 4.78 is 20.9. The lowest BCUT2D eigenvalue weighted by atomic mass is 10.1. The van der Waals surface area contributed by atoms with Crippen molar-refractivity contribution in [2.24, 2.45) is 0 Å². The Kier molecular flexibility index (Phi) is 8.61. The predicted octanol–water partition coefficient (Wildman–Crippen LogP) is 3.16. The zero-order valence-corrected chi connectivity index (χ0v) is 17.4. The van der Waals surface area contributed by atoms with E-state index in [0.29, 0.717) is 35.2 Å². The van der Waals surface area contributed by atoms with Gasteiger partial charge in [-0.05, 0) is 41.8 Å². The summed E-state index contributed by atoms with van der Waals surface area (Å²) in [6, 6.07) is 10.7. The molecule has 0 heterocycles. The van der Waals surface area contributed by atoms with Crippen molar-refractivity contribution in [3.05, 3.63) is 52.5 Å². The minimum Gasteiger partial charge on any atom is -0.493 e. The molecular formula is C21H24ClNO6. The fourth-order valence-corrected chi connectivity index (χ4v) is 2.86. The van der Waals surface area contributed by atoms with Crippen molar-refractivity contribution in [2.45, 2.75) is 19.4 Å². The van der Waals surface area contributed by atoms with Crippen molar-refractivity contribution >= 4 is 23.5 Å². The lowest BCUT2D eigenvalue weighted by molar-refractivity contribution is -0.148. The van der Waals surface area contributed by atoms with Gasteiger partial charge in [-0.3, -0.25) is 9.59 Å². The Balaban J connectivity index is 1.80. The van der Waals surface area contributed by atoms with Crippen LogP contribution in [0.15, 0.2) is 36.4 Å². The molecule has 0 radical (unpaired) electrons. The number of hydrogen-bond acceptors (Lipinski definition) is 6. The van der Waals surface area contributed by atoms with Gasteiger partial charge in [-0.15, -0.1) is 0 Å². The van der Waals surface area contributed by atoms with Gasteiger partial charge in [0.2, 0.25) is 5.75 Å². The highest BCUT2D eigenvalue weighted by Crippen LogP contribution is 2.38. The van der Waals surface area contributed by atoms with Gasteiger partial charge in [0.05, 0.1) is 21.3 Å². The average Bonchev–Trinajstić information content (AvgIpc) is 2.73. The molecule has 0 atom stereocenters. The average molecular weight is 422 g/mol.